The molecule has 0 bridgehead atoms. The van der Waals surface area contributed by atoms with E-state index in [-0.39, 0.29) is 11.4 Å². The van der Waals surface area contributed by atoms with Gasteiger partial charge in [-0.3, -0.25) is 13.8 Å². The minimum atomic E-state index is -0.227. The Kier molecular flexibility index (Phi) is 4.78. The summed E-state index contributed by atoms with van der Waals surface area (Å²) in [6, 6.07) is 8.63. The molecule has 0 saturated heterocycles. The summed E-state index contributed by atoms with van der Waals surface area (Å²) in [5.41, 5.74) is 1.41. The molecule has 0 spiro atoms. The van der Waals surface area contributed by atoms with E-state index in [4.69, 9.17) is 0 Å². The van der Waals surface area contributed by atoms with Gasteiger partial charge in [0.15, 0.2) is 5.16 Å². The predicted molar refractivity (Wildman–Crippen MR) is 103 cm³/mol. The van der Waals surface area contributed by atoms with Crippen molar-refractivity contribution in [3.63, 3.8) is 0 Å². The number of hydrogen-bond donors (Lipinski definition) is 0. The molecule has 0 aliphatic carbocycles. The predicted octanol–water partition coefficient (Wildman–Crippen LogP) is 4.34. The smallest absolute Gasteiger partial charge is 0.272 e. The summed E-state index contributed by atoms with van der Waals surface area (Å²) < 4.78 is 18.2. The minimum Gasteiger partial charge on any atom is -0.276 e. The molecule has 3 heterocycles. The monoisotopic (exact) mass is 388 g/mol. The molecule has 0 N–H and O–H groups in total. The molecule has 0 aliphatic rings. The van der Waals surface area contributed by atoms with Gasteiger partial charge < -0.3 is 0 Å². The third-order valence-corrected chi connectivity index (χ3v) is 6.10. The molecule has 4 rings (SSSR count). The van der Waals surface area contributed by atoms with E-state index in [1.54, 1.807) is 16.7 Å². The summed E-state index contributed by atoms with van der Waals surface area (Å²) in [5.74, 6) is 0.771. The van der Waals surface area contributed by atoms with E-state index in [0.29, 0.717) is 33.5 Å². The quantitative estimate of drug-likeness (QED) is 0.461. The molecular formula is C18H17FN4OS2. The molecule has 0 fully saturated rings. The molecule has 5 nitrogen and oxygen atoms in total. The van der Waals surface area contributed by atoms with Crippen molar-refractivity contribution in [2.45, 2.75) is 37.2 Å². The maximum absolute atomic E-state index is 13.9. The zero-order valence-corrected chi connectivity index (χ0v) is 15.8. The van der Waals surface area contributed by atoms with E-state index in [9.17, 15) is 9.18 Å². The standard InChI is InChI=1S/C18H17FN4OS2/c1-2-3-9-22-16(24)15-14(8-10-25-15)23-17(22)20-21-18(23)26-11-12-6-4-5-7-13(12)19/h4-8,10H,2-3,9,11H2,1H3. The van der Waals surface area contributed by atoms with E-state index < -0.39 is 0 Å². The van der Waals surface area contributed by atoms with Gasteiger partial charge in [0.25, 0.3) is 5.56 Å². The lowest BCUT2D eigenvalue weighted by Crippen LogP contribution is -2.22. The fraction of sp³-hybridized carbons (Fsp3) is 0.278. The first-order valence-electron chi connectivity index (χ1n) is 8.42. The van der Waals surface area contributed by atoms with Crippen LogP contribution in [0, 0.1) is 5.82 Å². The van der Waals surface area contributed by atoms with Gasteiger partial charge in [-0.05, 0) is 29.5 Å². The second-order valence-electron chi connectivity index (χ2n) is 5.94. The number of hydrogen-bond acceptors (Lipinski definition) is 5. The van der Waals surface area contributed by atoms with Gasteiger partial charge in [-0.25, -0.2) is 4.39 Å². The van der Waals surface area contributed by atoms with E-state index in [2.05, 4.69) is 17.1 Å². The lowest BCUT2D eigenvalue weighted by Gasteiger charge is -2.08. The van der Waals surface area contributed by atoms with Crippen LogP contribution in [0.1, 0.15) is 25.3 Å². The van der Waals surface area contributed by atoms with Gasteiger partial charge in [-0.2, -0.15) is 0 Å². The van der Waals surface area contributed by atoms with Gasteiger partial charge >= 0.3 is 0 Å². The number of nitrogens with zero attached hydrogens (tertiary/aromatic N) is 4. The normalized spacial score (nSPS) is 11.6. The Morgan fingerprint density at radius 3 is 2.88 bits per heavy atom. The summed E-state index contributed by atoms with van der Waals surface area (Å²) >= 11 is 2.85. The van der Waals surface area contributed by atoms with Crippen LogP contribution in [-0.2, 0) is 12.3 Å². The van der Waals surface area contributed by atoms with Crippen molar-refractivity contribution in [2.24, 2.45) is 0 Å². The van der Waals surface area contributed by atoms with Gasteiger partial charge in [0.2, 0.25) is 5.78 Å². The molecule has 0 saturated carbocycles. The lowest BCUT2D eigenvalue weighted by molar-refractivity contribution is 0.617. The zero-order chi connectivity index (χ0) is 18.1. The van der Waals surface area contributed by atoms with Crippen LogP contribution < -0.4 is 5.56 Å². The first-order valence-corrected chi connectivity index (χ1v) is 10.3. The minimum absolute atomic E-state index is 0.0194. The number of aromatic nitrogens is 4. The van der Waals surface area contributed by atoms with Crippen molar-refractivity contribution in [1.29, 1.82) is 0 Å². The molecule has 3 aromatic heterocycles. The summed E-state index contributed by atoms with van der Waals surface area (Å²) in [5, 5.41) is 11.1. The molecule has 8 heteroatoms. The Morgan fingerprint density at radius 2 is 2.08 bits per heavy atom. The third kappa shape index (κ3) is 2.93. The van der Waals surface area contributed by atoms with Gasteiger partial charge in [0.1, 0.15) is 10.5 Å². The van der Waals surface area contributed by atoms with E-state index in [1.165, 1.54) is 29.2 Å². The van der Waals surface area contributed by atoms with E-state index >= 15 is 0 Å². The molecule has 0 radical (unpaired) electrons. The molecule has 4 aromatic rings. The molecule has 0 amide bonds. The van der Waals surface area contributed by atoms with Crippen molar-refractivity contribution < 1.29 is 4.39 Å². The van der Waals surface area contributed by atoms with Crippen molar-refractivity contribution >= 4 is 39.1 Å². The molecule has 26 heavy (non-hydrogen) atoms. The van der Waals surface area contributed by atoms with Crippen LogP contribution in [0.5, 0.6) is 0 Å². The number of benzene rings is 1. The number of halogens is 1. The van der Waals surface area contributed by atoms with Crippen LogP contribution >= 0.6 is 23.1 Å². The molecule has 0 atom stereocenters. The Bertz CT molecular complexity index is 1130. The van der Waals surface area contributed by atoms with Crippen LogP contribution in [-0.4, -0.2) is 19.2 Å². The summed E-state index contributed by atoms with van der Waals surface area (Å²) in [7, 11) is 0. The van der Waals surface area contributed by atoms with Crippen LogP contribution in [0.4, 0.5) is 4.39 Å². The first kappa shape index (κ1) is 17.2. The topological polar surface area (TPSA) is 52.2 Å². The van der Waals surface area contributed by atoms with E-state index in [0.717, 1.165) is 18.4 Å². The largest absolute Gasteiger partial charge is 0.276 e. The Balaban J connectivity index is 1.80. The molecule has 1 aromatic carbocycles. The van der Waals surface area contributed by atoms with E-state index in [1.807, 2.05) is 21.9 Å². The SMILES string of the molecule is CCCCn1c(=O)c2sccc2n2c(SCc3ccccc3F)nnc12. The fourth-order valence-electron chi connectivity index (χ4n) is 2.87. The number of thiophene rings is 1. The second kappa shape index (κ2) is 7.20. The molecule has 0 aliphatic heterocycles. The van der Waals surface area contributed by atoms with Crippen molar-refractivity contribution in [1.82, 2.24) is 19.2 Å². The summed E-state index contributed by atoms with van der Waals surface area (Å²) in [6.07, 6.45) is 1.89. The van der Waals surface area contributed by atoms with Gasteiger partial charge in [0.05, 0.1) is 5.52 Å². The lowest BCUT2D eigenvalue weighted by atomic mass is 10.2. The average Bonchev–Trinajstić information content (AvgIpc) is 3.28. The van der Waals surface area contributed by atoms with Crippen molar-refractivity contribution in [3.05, 3.63) is 57.4 Å². The van der Waals surface area contributed by atoms with Crippen LogP contribution in [0.2, 0.25) is 0 Å². The number of thioether (sulfide) groups is 1. The van der Waals surface area contributed by atoms with Gasteiger partial charge in [0, 0.05) is 12.3 Å². The number of fused-ring (bicyclic) bond motifs is 3. The highest BCUT2D eigenvalue weighted by Crippen LogP contribution is 2.27. The molecule has 134 valence electrons. The number of unbranched alkanes of at least 4 members (excludes halogenated alkanes) is 1. The highest BCUT2D eigenvalue weighted by molar-refractivity contribution is 7.98. The van der Waals surface area contributed by atoms with Gasteiger partial charge in [-0.15, -0.1) is 21.5 Å². The highest BCUT2D eigenvalue weighted by atomic mass is 32.2. The number of aryl methyl sites for hydroxylation is 1. The highest BCUT2D eigenvalue weighted by Gasteiger charge is 2.17. The van der Waals surface area contributed by atoms with Crippen LogP contribution in [0.25, 0.3) is 16.0 Å². The van der Waals surface area contributed by atoms with Crippen molar-refractivity contribution in [3.8, 4) is 0 Å². The summed E-state index contributed by atoms with van der Waals surface area (Å²) in [4.78, 5) is 12.8. The second-order valence-corrected chi connectivity index (χ2v) is 7.80. The van der Waals surface area contributed by atoms with Crippen LogP contribution in [0.15, 0.2) is 45.7 Å². The van der Waals surface area contributed by atoms with Gasteiger partial charge in [-0.1, -0.05) is 43.3 Å². The molecular weight excluding hydrogens is 371 g/mol. The maximum atomic E-state index is 13.9. The Morgan fingerprint density at radius 1 is 1.23 bits per heavy atom. The maximum Gasteiger partial charge on any atom is 0.272 e. The average molecular weight is 388 g/mol. The third-order valence-electron chi connectivity index (χ3n) is 4.23. The number of rotatable bonds is 6. The van der Waals surface area contributed by atoms with Crippen LogP contribution in [0.3, 0.4) is 0 Å². The molecule has 0 unspecified atom stereocenters. The zero-order valence-electron chi connectivity index (χ0n) is 14.2. The Labute approximate surface area is 157 Å². The fourth-order valence-corrected chi connectivity index (χ4v) is 4.62. The first-order chi connectivity index (χ1) is 12.7. The van der Waals surface area contributed by atoms with Crippen molar-refractivity contribution in [2.75, 3.05) is 0 Å². The Hall–Kier alpha value is -2.19. The summed E-state index contributed by atoms with van der Waals surface area (Å²) in [6.45, 7) is 2.70.